The number of hydrogen-bond donors (Lipinski definition) is 1. The number of piperidine rings is 1. The maximum Gasteiger partial charge on any atom is 0.0705 e. The summed E-state index contributed by atoms with van der Waals surface area (Å²) in [4.78, 5) is 12.6. The van der Waals surface area contributed by atoms with E-state index in [1.807, 2.05) is 12.3 Å². The zero-order chi connectivity index (χ0) is 26.7. The average Bonchev–Trinajstić information content (AvgIpc) is 3.50. The SMILES string of the molecule is C=C(c1cc(CC(C)C)c2c(c1)N=C(c1cc3cccnc3cc1CC1CC1)C2C)N1CC[C@@H]2CCN[C@@H]2C1. The first-order valence-electron chi connectivity index (χ1n) is 15.3. The van der Waals surface area contributed by atoms with E-state index < -0.39 is 0 Å². The van der Waals surface area contributed by atoms with Crippen molar-refractivity contribution in [1.29, 1.82) is 0 Å². The smallest absolute Gasteiger partial charge is 0.0705 e. The molecule has 1 unspecified atom stereocenters. The van der Waals surface area contributed by atoms with Crippen LogP contribution in [0.5, 0.6) is 0 Å². The van der Waals surface area contributed by atoms with E-state index >= 15 is 0 Å². The van der Waals surface area contributed by atoms with Crippen molar-refractivity contribution in [2.45, 2.75) is 71.3 Å². The Bertz CT molecular complexity index is 1460. The molecule has 1 saturated carbocycles. The highest BCUT2D eigenvalue weighted by Crippen LogP contribution is 2.44. The normalized spacial score (nSPS) is 24.3. The first kappa shape index (κ1) is 25.0. The molecule has 7 rings (SSSR count). The summed E-state index contributed by atoms with van der Waals surface area (Å²) >= 11 is 0. The minimum absolute atomic E-state index is 0.279. The monoisotopic (exact) mass is 518 g/mol. The van der Waals surface area contributed by atoms with Crippen LogP contribution in [0.4, 0.5) is 5.69 Å². The van der Waals surface area contributed by atoms with Crippen LogP contribution >= 0.6 is 0 Å². The van der Waals surface area contributed by atoms with Gasteiger partial charge >= 0.3 is 0 Å². The van der Waals surface area contributed by atoms with Gasteiger partial charge in [0, 0.05) is 47.9 Å². The number of nitrogens with one attached hydrogen (secondary N) is 1. The van der Waals surface area contributed by atoms with Gasteiger partial charge in [-0.05, 0) is 115 Å². The van der Waals surface area contributed by atoms with Crippen molar-refractivity contribution in [2.75, 3.05) is 19.6 Å². The van der Waals surface area contributed by atoms with E-state index in [0.717, 1.165) is 61.2 Å². The summed E-state index contributed by atoms with van der Waals surface area (Å²) in [6, 6.07) is 14.3. The maximum absolute atomic E-state index is 5.43. The van der Waals surface area contributed by atoms with E-state index in [-0.39, 0.29) is 5.92 Å². The predicted molar refractivity (Wildman–Crippen MR) is 163 cm³/mol. The van der Waals surface area contributed by atoms with Gasteiger partial charge < -0.3 is 10.2 Å². The van der Waals surface area contributed by atoms with Crippen LogP contribution in [-0.2, 0) is 12.8 Å². The minimum Gasteiger partial charge on any atom is -0.370 e. The van der Waals surface area contributed by atoms with Gasteiger partial charge in [0.1, 0.15) is 0 Å². The molecule has 3 aliphatic heterocycles. The minimum atomic E-state index is 0.279. The van der Waals surface area contributed by atoms with Crippen molar-refractivity contribution in [1.82, 2.24) is 15.2 Å². The Kier molecular flexibility index (Phi) is 6.34. The molecule has 1 aromatic heterocycles. The molecule has 1 aliphatic carbocycles. The van der Waals surface area contributed by atoms with Gasteiger partial charge in [-0.3, -0.25) is 9.98 Å². The predicted octanol–water partition coefficient (Wildman–Crippen LogP) is 7.28. The van der Waals surface area contributed by atoms with Crippen molar-refractivity contribution in [3.05, 3.63) is 77.0 Å². The number of aliphatic imine (C=N–C) groups is 1. The average molecular weight is 519 g/mol. The highest BCUT2D eigenvalue weighted by molar-refractivity contribution is 6.12. The maximum atomic E-state index is 5.43. The fourth-order valence-electron chi connectivity index (χ4n) is 7.38. The molecule has 0 spiro atoms. The van der Waals surface area contributed by atoms with Crippen molar-refractivity contribution < 1.29 is 0 Å². The molecule has 2 saturated heterocycles. The Balaban J connectivity index is 1.28. The van der Waals surface area contributed by atoms with Crippen LogP contribution in [0.15, 0.2) is 54.2 Å². The van der Waals surface area contributed by atoms with Gasteiger partial charge in [0.25, 0.3) is 0 Å². The van der Waals surface area contributed by atoms with Gasteiger partial charge in [-0.2, -0.15) is 0 Å². The molecule has 4 aliphatic rings. The highest BCUT2D eigenvalue weighted by Gasteiger charge is 2.35. The molecule has 1 N–H and O–H groups in total. The standard InChI is InChI=1S/C35H42N4/c1-21(2)14-29-16-27(23(4)39-13-10-25-9-12-37-33(25)20-39)18-32-34(29)22(3)35(38-32)30-17-26-6-5-11-36-31(26)19-28(30)15-24-7-8-24/h5-6,11,16-19,21-22,24-25,33,37H,4,7-10,12-15,20H2,1-3H3/t22?,25-,33+/m0/s1. The molecule has 0 amide bonds. The number of benzene rings is 2. The lowest BCUT2D eigenvalue weighted by Crippen LogP contribution is -2.45. The molecular formula is C35H42N4. The van der Waals surface area contributed by atoms with Gasteiger partial charge in [-0.25, -0.2) is 0 Å². The van der Waals surface area contributed by atoms with E-state index in [4.69, 9.17) is 4.99 Å². The van der Waals surface area contributed by atoms with Gasteiger partial charge in [0.15, 0.2) is 0 Å². The number of fused-ring (bicyclic) bond motifs is 3. The number of nitrogens with zero attached hydrogens (tertiary/aromatic N) is 3. The van der Waals surface area contributed by atoms with Crippen LogP contribution in [0.3, 0.4) is 0 Å². The van der Waals surface area contributed by atoms with Crippen molar-refractivity contribution >= 4 is 28.0 Å². The number of hydrogen-bond acceptors (Lipinski definition) is 4. The summed E-state index contributed by atoms with van der Waals surface area (Å²) in [5, 5.41) is 4.94. The van der Waals surface area contributed by atoms with Crippen molar-refractivity contribution in [2.24, 2.45) is 22.7 Å². The van der Waals surface area contributed by atoms with Gasteiger partial charge in [0.05, 0.1) is 16.9 Å². The summed E-state index contributed by atoms with van der Waals surface area (Å²) in [5.41, 5.74) is 11.5. The van der Waals surface area contributed by atoms with Crippen LogP contribution in [0.1, 0.15) is 80.2 Å². The Labute approximate surface area is 233 Å². The van der Waals surface area contributed by atoms with Crippen LogP contribution in [0, 0.1) is 17.8 Å². The number of pyridine rings is 1. The second kappa shape index (κ2) is 9.89. The highest BCUT2D eigenvalue weighted by atomic mass is 15.2. The Morgan fingerprint density at radius 3 is 2.79 bits per heavy atom. The van der Waals surface area contributed by atoms with Crippen LogP contribution in [0.25, 0.3) is 16.6 Å². The molecule has 4 nitrogen and oxygen atoms in total. The first-order chi connectivity index (χ1) is 18.9. The fourth-order valence-corrected chi connectivity index (χ4v) is 7.38. The van der Waals surface area contributed by atoms with E-state index in [1.54, 1.807) is 0 Å². The van der Waals surface area contributed by atoms with Gasteiger partial charge in [-0.15, -0.1) is 0 Å². The Hall–Kier alpha value is -2.98. The summed E-state index contributed by atoms with van der Waals surface area (Å²) < 4.78 is 0. The zero-order valence-corrected chi connectivity index (χ0v) is 23.8. The number of rotatable bonds is 7. The quantitative estimate of drug-likeness (QED) is 0.357. The second-order valence-electron chi connectivity index (χ2n) is 13.0. The summed E-state index contributed by atoms with van der Waals surface area (Å²) in [5.74, 6) is 2.51. The fraction of sp³-hybridized carbons (Fsp3) is 0.486. The first-order valence-corrected chi connectivity index (χ1v) is 15.3. The van der Waals surface area contributed by atoms with E-state index in [0.29, 0.717) is 12.0 Å². The topological polar surface area (TPSA) is 40.5 Å². The molecule has 0 radical (unpaired) electrons. The lowest BCUT2D eigenvalue weighted by Gasteiger charge is -2.37. The molecule has 202 valence electrons. The molecule has 4 heteroatoms. The summed E-state index contributed by atoms with van der Waals surface area (Å²) in [6.07, 6.45) is 9.40. The second-order valence-corrected chi connectivity index (χ2v) is 13.0. The van der Waals surface area contributed by atoms with Crippen molar-refractivity contribution in [3.63, 3.8) is 0 Å². The third-order valence-corrected chi connectivity index (χ3v) is 9.66. The van der Waals surface area contributed by atoms with Crippen LogP contribution in [-0.4, -0.2) is 41.3 Å². The molecule has 3 aromatic rings. The van der Waals surface area contributed by atoms with Crippen molar-refractivity contribution in [3.8, 4) is 0 Å². The van der Waals surface area contributed by atoms with Gasteiger partial charge in [-0.1, -0.05) is 33.4 Å². The third kappa shape index (κ3) is 4.71. The molecule has 3 fully saturated rings. The largest absolute Gasteiger partial charge is 0.370 e. The van der Waals surface area contributed by atoms with E-state index in [1.165, 1.54) is 64.6 Å². The lowest BCUT2D eigenvalue weighted by atomic mass is 9.84. The molecule has 3 atom stereocenters. The number of likely N-dealkylation sites (tertiary alicyclic amines) is 1. The van der Waals surface area contributed by atoms with E-state index in [9.17, 15) is 0 Å². The molecule has 4 heterocycles. The molecule has 39 heavy (non-hydrogen) atoms. The Morgan fingerprint density at radius 1 is 1.10 bits per heavy atom. The molecule has 2 aromatic carbocycles. The third-order valence-electron chi connectivity index (χ3n) is 9.66. The lowest BCUT2D eigenvalue weighted by molar-refractivity contribution is 0.231. The summed E-state index contributed by atoms with van der Waals surface area (Å²) in [6.45, 7) is 15.0. The van der Waals surface area contributed by atoms with Gasteiger partial charge in [0.2, 0.25) is 0 Å². The Morgan fingerprint density at radius 2 is 1.97 bits per heavy atom. The van der Waals surface area contributed by atoms with E-state index in [2.05, 4.69) is 72.9 Å². The zero-order valence-electron chi connectivity index (χ0n) is 23.8. The molecular weight excluding hydrogens is 476 g/mol. The summed E-state index contributed by atoms with van der Waals surface area (Å²) in [7, 11) is 0. The van der Waals surface area contributed by atoms with Crippen LogP contribution < -0.4 is 5.32 Å². The van der Waals surface area contributed by atoms with Crippen LogP contribution in [0.2, 0.25) is 0 Å². The molecule has 0 bridgehead atoms. The number of aromatic nitrogens is 1.